The Morgan fingerprint density at radius 3 is 2.69 bits per heavy atom. The molecule has 1 rings (SSSR count). The van der Waals surface area contributed by atoms with Gasteiger partial charge in [0, 0.05) is 13.1 Å². The van der Waals surface area contributed by atoms with Crippen LogP contribution in [-0.2, 0) is 6.42 Å². The Morgan fingerprint density at radius 1 is 1.50 bits per heavy atom. The zero-order chi connectivity index (χ0) is 12.1. The Bertz CT molecular complexity index is 366. The number of ether oxygens (including phenoxy) is 1. The summed E-state index contributed by atoms with van der Waals surface area (Å²) in [5.74, 6) is 0.840. The minimum absolute atomic E-state index is 0.0498. The molecule has 0 aromatic heterocycles. The van der Waals surface area contributed by atoms with Crippen LogP contribution in [0.15, 0.2) is 24.3 Å². The van der Waals surface area contributed by atoms with Crippen LogP contribution < -0.4 is 10.5 Å². The highest BCUT2D eigenvalue weighted by molar-refractivity contribution is 5.72. The molecule has 16 heavy (non-hydrogen) atoms. The van der Waals surface area contributed by atoms with Gasteiger partial charge in [0.2, 0.25) is 0 Å². The van der Waals surface area contributed by atoms with Crippen molar-refractivity contribution in [2.75, 3.05) is 14.2 Å². The van der Waals surface area contributed by atoms with E-state index in [2.05, 4.69) is 0 Å². The molecule has 0 aliphatic heterocycles. The average Bonchev–Trinajstić information content (AvgIpc) is 2.28. The molecule has 2 N–H and O–H groups in total. The van der Waals surface area contributed by atoms with Gasteiger partial charge in [0.25, 0.3) is 0 Å². The summed E-state index contributed by atoms with van der Waals surface area (Å²) in [5, 5.41) is 0. The van der Waals surface area contributed by atoms with Crippen LogP contribution >= 0.6 is 0 Å². The van der Waals surface area contributed by atoms with E-state index in [9.17, 15) is 4.79 Å². The van der Waals surface area contributed by atoms with Crippen LogP contribution in [0.3, 0.4) is 0 Å². The van der Waals surface area contributed by atoms with Crippen LogP contribution in [0.25, 0.3) is 0 Å². The molecule has 0 aliphatic rings. The topological polar surface area (TPSA) is 55.6 Å². The highest BCUT2D eigenvalue weighted by atomic mass is 16.5. The van der Waals surface area contributed by atoms with E-state index in [1.807, 2.05) is 31.2 Å². The van der Waals surface area contributed by atoms with Crippen LogP contribution in [0, 0.1) is 0 Å². The molecule has 4 nitrogen and oxygen atoms in total. The molecule has 0 radical (unpaired) electrons. The van der Waals surface area contributed by atoms with Crippen molar-refractivity contribution in [3.63, 3.8) is 0 Å². The first-order chi connectivity index (χ1) is 7.56. The molecule has 0 aliphatic carbocycles. The first-order valence-corrected chi connectivity index (χ1v) is 5.20. The summed E-state index contributed by atoms with van der Waals surface area (Å²) in [5.41, 5.74) is 6.29. The zero-order valence-corrected chi connectivity index (χ0v) is 9.93. The van der Waals surface area contributed by atoms with Crippen molar-refractivity contribution in [1.29, 1.82) is 0 Å². The number of nitrogens with zero attached hydrogens (tertiary/aromatic N) is 1. The van der Waals surface area contributed by atoms with Gasteiger partial charge in [-0.2, -0.15) is 0 Å². The van der Waals surface area contributed by atoms with Crippen LogP contribution in [0.2, 0.25) is 0 Å². The smallest absolute Gasteiger partial charge is 0.314 e. The van der Waals surface area contributed by atoms with Crippen molar-refractivity contribution in [2.24, 2.45) is 5.73 Å². The van der Waals surface area contributed by atoms with Gasteiger partial charge in [0.05, 0.1) is 7.11 Å². The van der Waals surface area contributed by atoms with E-state index >= 15 is 0 Å². The van der Waals surface area contributed by atoms with Crippen molar-refractivity contribution in [2.45, 2.75) is 19.4 Å². The van der Waals surface area contributed by atoms with Crippen molar-refractivity contribution < 1.29 is 9.53 Å². The van der Waals surface area contributed by atoms with Crippen LogP contribution in [0.5, 0.6) is 5.75 Å². The molecule has 1 aromatic rings. The van der Waals surface area contributed by atoms with Crippen LogP contribution in [-0.4, -0.2) is 31.1 Å². The molecule has 0 saturated heterocycles. The molecule has 0 bridgehead atoms. The number of rotatable bonds is 4. The molecular weight excluding hydrogens is 204 g/mol. The Morgan fingerprint density at radius 2 is 2.12 bits per heavy atom. The second-order valence-electron chi connectivity index (χ2n) is 3.81. The van der Waals surface area contributed by atoms with Crippen LogP contribution in [0.1, 0.15) is 12.5 Å². The van der Waals surface area contributed by atoms with Crippen molar-refractivity contribution in [1.82, 2.24) is 4.90 Å². The maximum atomic E-state index is 11.0. The third-order valence-electron chi connectivity index (χ3n) is 2.72. The molecule has 0 saturated carbocycles. The third-order valence-corrected chi connectivity index (χ3v) is 2.72. The lowest BCUT2D eigenvalue weighted by Gasteiger charge is -2.23. The van der Waals surface area contributed by atoms with E-state index in [-0.39, 0.29) is 6.04 Å². The number of primary amides is 1. The predicted molar refractivity (Wildman–Crippen MR) is 63.5 cm³/mol. The van der Waals surface area contributed by atoms with E-state index in [1.54, 1.807) is 14.2 Å². The molecular formula is C12H18N2O2. The van der Waals surface area contributed by atoms with Crippen molar-refractivity contribution in [3.8, 4) is 5.75 Å². The number of carbonyl (C=O) groups is 1. The minimum atomic E-state index is -0.414. The third kappa shape index (κ3) is 2.89. The lowest BCUT2D eigenvalue weighted by atomic mass is 10.1. The Hall–Kier alpha value is -1.71. The van der Waals surface area contributed by atoms with Gasteiger partial charge < -0.3 is 15.4 Å². The Kier molecular flexibility index (Phi) is 4.17. The molecule has 0 spiro atoms. The molecule has 4 heteroatoms. The molecule has 0 fully saturated rings. The van der Waals surface area contributed by atoms with Gasteiger partial charge in [-0.15, -0.1) is 0 Å². The highest BCUT2D eigenvalue weighted by Crippen LogP contribution is 2.19. The number of amides is 2. The summed E-state index contributed by atoms with van der Waals surface area (Å²) < 4.78 is 5.25. The Balaban J connectivity index is 2.76. The largest absolute Gasteiger partial charge is 0.496 e. The fourth-order valence-corrected chi connectivity index (χ4v) is 1.54. The van der Waals surface area contributed by atoms with E-state index in [0.717, 1.165) is 17.7 Å². The Labute approximate surface area is 96.0 Å². The number of methoxy groups -OCH3 is 1. The quantitative estimate of drug-likeness (QED) is 0.842. The number of nitrogens with two attached hydrogens (primary N) is 1. The average molecular weight is 222 g/mol. The molecule has 0 heterocycles. The fourth-order valence-electron chi connectivity index (χ4n) is 1.54. The van der Waals surface area contributed by atoms with Gasteiger partial charge in [0.15, 0.2) is 0 Å². The minimum Gasteiger partial charge on any atom is -0.496 e. The summed E-state index contributed by atoms with van der Waals surface area (Å²) in [6, 6.07) is 7.41. The molecule has 88 valence electrons. The zero-order valence-electron chi connectivity index (χ0n) is 9.93. The summed E-state index contributed by atoms with van der Waals surface area (Å²) in [6.45, 7) is 1.96. The lowest BCUT2D eigenvalue weighted by Crippen LogP contribution is -2.40. The van der Waals surface area contributed by atoms with Crippen molar-refractivity contribution >= 4 is 6.03 Å². The summed E-state index contributed by atoms with van der Waals surface area (Å²) >= 11 is 0. The van der Waals surface area contributed by atoms with E-state index in [0.29, 0.717) is 0 Å². The predicted octanol–water partition coefficient (Wildman–Crippen LogP) is 1.64. The normalized spacial score (nSPS) is 11.9. The second-order valence-corrected chi connectivity index (χ2v) is 3.81. The number of carbonyl (C=O) groups excluding carboxylic acids is 1. The summed E-state index contributed by atoms with van der Waals surface area (Å²) in [6.07, 6.45) is 0.726. The SMILES string of the molecule is COc1ccccc1CC(C)N(C)C(N)=O. The fraction of sp³-hybridized carbons (Fsp3) is 0.417. The van der Waals surface area contributed by atoms with Gasteiger partial charge in [-0.25, -0.2) is 4.79 Å². The number of hydrogen-bond acceptors (Lipinski definition) is 2. The van der Waals surface area contributed by atoms with Crippen LogP contribution in [0.4, 0.5) is 4.79 Å². The standard InChI is InChI=1S/C12H18N2O2/c1-9(14(2)12(13)15)8-10-6-4-5-7-11(10)16-3/h4-7,9H,8H2,1-3H3,(H2,13,15). The highest BCUT2D eigenvalue weighted by Gasteiger charge is 2.14. The summed E-state index contributed by atoms with van der Waals surface area (Å²) in [4.78, 5) is 12.5. The van der Waals surface area contributed by atoms with E-state index in [4.69, 9.17) is 10.5 Å². The van der Waals surface area contributed by atoms with Gasteiger partial charge in [-0.3, -0.25) is 0 Å². The van der Waals surface area contributed by atoms with Gasteiger partial charge in [-0.05, 0) is 25.0 Å². The number of urea groups is 1. The first kappa shape index (κ1) is 12.4. The van der Waals surface area contributed by atoms with Gasteiger partial charge in [-0.1, -0.05) is 18.2 Å². The van der Waals surface area contributed by atoms with Crippen molar-refractivity contribution in [3.05, 3.63) is 29.8 Å². The summed E-state index contributed by atoms with van der Waals surface area (Å²) in [7, 11) is 3.34. The number of para-hydroxylation sites is 1. The molecule has 1 unspecified atom stereocenters. The van der Waals surface area contributed by atoms with Gasteiger partial charge >= 0.3 is 6.03 Å². The van der Waals surface area contributed by atoms with E-state index in [1.165, 1.54) is 4.90 Å². The number of benzene rings is 1. The maximum absolute atomic E-state index is 11.0. The monoisotopic (exact) mass is 222 g/mol. The molecule has 1 atom stereocenters. The van der Waals surface area contributed by atoms with E-state index < -0.39 is 6.03 Å². The number of likely N-dealkylation sites (N-methyl/N-ethyl adjacent to an activating group) is 1. The number of hydrogen-bond donors (Lipinski definition) is 1. The second kappa shape index (κ2) is 5.39. The van der Waals surface area contributed by atoms with Gasteiger partial charge in [0.1, 0.15) is 5.75 Å². The molecule has 1 aromatic carbocycles. The maximum Gasteiger partial charge on any atom is 0.314 e. The molecule has 2 amide bonds. The first-order valence-electron chi connectivity index (χ1n) is 5.20. The lowest BCUT2D eigenvalue weighted by molar-refractivity contribution is 0.203.